The van der Waals surface area contributed by atoms with E-state index < -0.39 is 0 Å². The summed E-state index contributed by atoms with van der Waals surface area (Å²) in [5, 5.41) is 2.98. The number of hydrogen-bond donors (Lipinski definition) is 1. The Labute approximate surface area is 142 Å². The molecule has 0 unspecified atom stereocenters. The van der Waals surface area contributed by atoms with Crippen LogP contribution in [0.2, 0.25) is 0 Å². The number of amides is 2. The Morgan fingerprint density at radius 2 is 2.08 bits per heavy atom. The lowest BCUT2D eigenvalue weighted by atomic mass is 9.95. The molecule has 0 bridgehead atoms. The van der Waals surface area contributed by atoms with Crippen molar-refractivity contribution >= 4 is 6.03 Å². The van der Waals surface area contributed by atoms with Crippen LogP contribution in [0.15, 0.2) is 48.7 Å². The molecule has 1 saturated heterocycles. The maximum Gasteiger partial charge on any atom is 0.318 e. The lowest BCUT2D eigenvalue weighted by Gasteiger charge is -2.41. The molecule has 1 fully saturated rings. The molecule has 0 aliphatic carbocycles. The Balaban J connectivity index is 1.60. The van der Waals surface area contributed by atoms with Crippen molar-refractivity contribution in [2.45, 2.75) is 39.0 Å². The highest BCUT2D eigenvalue weighted by atomic mass is 16.5. The van der Waals surface area contributed by atoms with Gasteiger partial charge in [-0.05, 0) is 31.9 Å². The van der Waals surface area contributed by atoms with E-state index in [2.05, 4.69) is 22.4 Å². The first kappa shape index (κ1) is 16.3. The van der Waals surface area contributed by atoms with Crippen LogP contribution in [0.4, 0.5) is 4.79 Å². The molecule has 1 N–H and O–H groups in total. The summed E-state index contributed by atoms with van der Waals surface area (Å²) in [6.07, 6.45) is 2.75. The molecule has 24 heavy (non-hydrogen) atoms. The number of pyridine rings is 1. The first-order chi connectivity index (χ1) is 11.6. The Hall–Kier alpha value is -2.56. The molecular weight excluding hydrogens is 302 g/mol. The van der Waals surface area contributed by atoms with E-state index in [1.54, 1.807) is 6.20 Å². The number of aromatic nitrogens is 1. The van der Waals surface area contributed by atoms with Gasteiger partial charge in [-0.15, -0.1) is 0 Å². The van der Waals surface area contributed by atoms with Gasteiger partial charge in [0.15, 0.2) is 0 Å². The molecule has 2 aromatic rings. The smallest absolute Gasteiger partial charge is 0.318 e. The molecule has 0 saturated carbocycles. The van der Waals surface area contributed by atoms with Crippen molar-refractivity contribution in [1.29, 1.82) is 0 Å². The average molecular weight is 325 g/mol. The van der Waals surface area contributed by atoms with E-state index in [-0.39, 0.29) is 18.2 Å². The summed E-state index contributed by atoms with van der Waals surface area (Å²) in [6.45, 7) is 5.11. The van der Waals surface area contributed by atoms with Crippen molar-refractivity contribution in [2.24, 2.45) is 0 Å². The van der Waals surface area contributed by atoms with Crippen molar-refractivity contribution < 1.29 is 9.53 Å². The maximum atomic E-state index is 12.5. The number of benzene rings is 1. The van der Waals surface area contributed by atoms with E-state index in [9.17, 15) is 4.79 Å². The molecule has 5 heteroatoms. The fraction of sp³-hybridized carbons (Fsp3) is 0.368. The normalized spacial score (nSPS) is 16.6. The molecule has 0 radical (unpaired) electrons. The topological polar surface area (TPSA) is 54.5 Å². The van der Waals surface area contributed by atoms with Crippen LogP contribution >= 0.6 is 0 Å². The van der Waals surface area contributed by atoms with Gasteiger partial charge in [-0.2, -0.15) is 0 Å². The van der Waals surface area contributed by atoms with Crippen LogP contribution in [0.3, 0.4) is 0 Å². The van der Waals surface area contributed by atoms with E-state index in [1.807, 2.05) is 49.1 Å². The second-order valence-electron chi connectivity index (χ2n) is 6.20. The Kier molecular flexibility index (Phi) is 4.99. The first-order valence-corrected chi connectivity index (χ1v) is 8.35. The number of ether oxygens (including phenoxy) is 1. The number of nitrogens with zero attached hydrogens (tertiary/aromatic N) is 2. The Bertz CT molecular complexity index is 688. The summed E-state index contributed by atoms with van der Waals surface area (Å²) in [7, 11) is 0. The molecule has 1 aromatic heterocycles. The Morgan fingerprint density at radius 1 is 1.29 bits per heavy atom. The van der Waals surface area contributed by atoms with E-state index in [0.29, 0.717) is 12.4 Å². The van der Waals surface area contributed by atoms with Crippen molar-refractivity contribution in [3.8, 4) is 5.88 Å². The maximum absolute atomic E-state index is 12.5. The van der Waals surface area contributed by atoms with Crippen LogP contribution in [0.25, 0.3) is 0 Å². The highest BCUT2D eigenvalue weighted by Crippen LogP contribution is 2.32. The molecule has 3 rings (SSSR count). The third-order valence-electron chi connectivity index (χ3n) is 4.09. The average Bonchev–Trinajstić information content (AvgIpc) is 2.53. The Morgan fingerprint density at radius 3 is 2.75 bits per heavy atom. The van der Waals surface area contributed by atoms with Gasteiger partial charge < -0.3 is 15.0 Å². The summed E-state index contributed by atoms with van der Waals surface area (Å²) in [5.74, 6) is 0.580. The molecule has 2 amide bonds. The van der Waals surface area contributed by atoms with Crippen molar-refractivity contribution in [1.82, 2.24) is 15.2 Å². The van der Waals surface area contributed by atoms with E-state index in [4.69, 9.17) is 4.74 Å². The molecule has 1 aliphatic heterocycles. The minimum Gasteiger partial charge on any atom is -0.475 e. The predicted molar refractivity (Wildman–Crippen MR) is 92.7 cm³/mol. The van der Waals surface area contributed by atoms with Gasteiger partial charge >= 0.3 is 6.03 Å². The molecule has 2 heterocycles. The standard InChI is InChI=1S/C19H23N3O2/c1-14(2)24-18-16(9-6-11-20-18)13-21-19(23)22-12-10-17(22)15-7-4-3-5-8-15/h3-9,11,14,17H,10,12-13H2,1-2H3,(H,21,23)/t17-/m1/s1. The molecule has 1 aromatic carbocycles. The second kappa shape index (κ2) is 7.34. The van der Waals surface area contributed by atoms with Gasteiger partial charge in [-0.1, -0.05) is 36.4 Å². The molecule has 0 spiro atoms. The van der Waals surface area contributed by atoms with Gasteiger partial charge in [-0.3, -0.25) is 0 Å². The van der Waals surface area contributed by atoms with Gasteiger partial charge in [0.25, 0.3) is 0 Å². The SMILES string of the molecule is CC(C)Oc1ncccc1CNC(=O)N1CC[C@@H]1c1ccccc1. The van der Waals surface area contributed by atoms with Gasteiger partial charge in [0.05, 0.1) is 12.1 Å². The van der Waals surface area contributed by atoms with Crippen LogP contribution in [0, 0.1) is 0 Å². The highest BCUT2D eigenvalue weighted by Gasteiger charge is 2.33. The predicted octanol–water partition coefficient (Wildman–Crippen LogP) is 3.53. The van der Waals surface area contributed by atoms with Crippen LogP contribution in [-0.2, 0) is 6.54 Å². The third-order valence-corrected chi connectivity index (χ3v) is 4.09. The minimum absolute atomic E-state index is 0.0468. The van der Waals surface area contributed by atoms with Gasteiger partial charge in [0.1, 0.15) is 0 Å². The zero-order valence-electron chi connectivity index (χ0n) is 14.1. The summed E-state index contributed by atoms with van der Waals surface area (Å²) >= 11 is 0. The number of carbonyl (C=O) groups is 1. The zero-order valence-corrected chi connectivity index (χ0v) is 14.1. The quantitative estimate of drug-likeness (QED) is 0.915. The first-order valence-electron chi connectivity index (χ1n) is 8.35. The lowest BCUT2D eigenvalue weighted by molar-refractivity contribution is 0.115. The fourth-order valence-electron chi connectivity index (χ4n) is 2.81. The van der Waals surface area contributed by atoms with Gasteiger partial charge in [0, 0.05) is 24.8 Å². The second-order valence-corrected chi connectivity index (χ2v) is 6.20. The van der Waals surface area contributed by atoms with Crippen LogP contribution in [0.5, 0.6) is 5.88 Å². The largest absolute Gasteiger partial charge is 0.475 e. The zero-order chi connectivity index (χ0) is 16.9. The fourth-order valence-corrected chi connectivity index (χ4v) is 2.81. The summed E-state index contributed by atoms with van der Waals surface area (Å²) in [6, 6.07) is 14.1. The highest BCUT2D eigenvalue weighted by molar-refractivity contribution is 5.75. The van der Waals surface area contributed by atoms with E-state index in [1.165, 1.54) is 5.56 Å². The minimum atomic E-state index is -0.0468. The van der Waals surface area contributed by atoms with E-state index in [0.717, 1.165) is 18.5 Å². The monoisotopic (exact) mass is 325 g/mol. The summed E-state index contributed by atoms with van der Waals surface area (Å²) < 4.78 is 5.69. The summed E-state index contributed by atoms with van der Waals surface area (Å²) in [4.78, 5) is 18.6. The van der Waals surface area contributed by atoms with Crippen molar-refractivity contribution in [3.05, 3.63) is 59.8 Å². The number of likely N-dealkylation sites (tertiary alicyclic amines) is 1. The van der Waals surface area contributed by atoms with Crippen LogP contribution in [0.1, 0.15) is 37.4 Å². The number of rotatable bonds is 5. The number of nitrogens with one attached hydrogen (secondary N) is 1. The van der Waals surface area contributed by atoms with Gasteiger partial charge in [0.2, 0.25) is 5.88 Å². The molecule has 1 aliphatic rings. The third kappa shape index (κ3) is 3.67. The lowest BCUT2D eigenvalue weighted by Crippen LogP contribution is -2.49. The molecule has 1 atom stereocenters. The number of hydrogen-bond acceptors (Lipinski definition) is 3. The summed E-state index contributed by atoms with van der Waals surface area (Å²) in [5.41, 5.74) is 2.07. The number of carbonyl (C=O) groups excluding carboxylic acids is 1. The molecular formula is C19H23N3O2. The van der Waals surface area contributed by atoms with Gasteiger partial charge in [-0.25, -0.2) is 9.78 Å². The van der Waals surface area contributed by atoms with Crippen LogP contribution < -0.4 is 10.1 Å². The van der Waals surface area contributed by atoms with Crippen molar-refractivity contribution in [2.75, 3.05) is 6.54 Å². The number of urea groups is 1. The van der Waals surface area contributed by atoms with Crippen molar-refractivity contribution in [3.63, 3.8) is 0 Å². The molecule has 5 nitrogen and oxygen atoms in total. The molecule has 126 valence electrons. The van der Waals surface area contributed by atoms with E-state index >= 15 is 0 Å². The van der Waals surface area contributed by atoms with Crippen LogP contribution in [-0.4, -0.2) is 28.6 Å².